The number of nitrogens with one attached hydrogen (secondary N) is 1. The Balaban J connectivity index is 1.96. The van der Waals surface area contributed by atoms with Gasteiger partial charge in [-0.1, -0.05) is 19.4 Å². The summed E-state index contributed by atoms with van der Waals surface area (Å²) in [6, 6.07) is 5.62. The predicted octanol–water partition coefficient (Wildman–Crippen LogP) is 0.993. The van der Waals surface area contributed by atoms with Crippen molar-refractivity contribution in [2.24, 2.45) is 0 Å². The summed E-state index contributed by atoms with van der Waals surface area (Å²) < 4.78 is 34.6. The van der Waals surface area contributed by atoms with Gasteiger partial charge in [-0.2, -0.15) is 4.31 Å². The van der Waals surface area contributed by atoms with E-state index in [-0.39, 0.29) is 53.8 Å². The normalized spacial score (nSPS) is 19.2. The minimum Gasteiger partial charge on any atom is -0.383 e. The van der Waals surface area contributed by atoms with E-state index >= 15 is 0 Å². The predicted molar refractivity (Wildman–Crippen MR) is 129 cm³/mol. The summed E-state index contributed by atoms with van der Waals surface area (Å²) in [4.78, 5) is 41.1. The highest BCUT2D eigenvalue weighted by Crippen LogP contribution is 2.24. The van der Waals surface area contributed by atoms with Crippen molar-refractivity contribution in [3.05, 3.63) is 50.7 Å². The van der Waals surface area contributed by atoms with Crippen molar-refractivity contribution in [1.29, 1.82) is 0 Å². The number of aromatic nitrogens is 2. The minimum absolute atomic E-state index is 0.0390. The van der Waals surface area contributed by atoms with E-state index in [1.54, 1.807) is 13.8 Å². The standard InChI is InChI=1S/C22H31N5O6S/c1-5-6-10-27-19(23)18(20(28)24-22(27)30)25(4)21(29)16-8-7-9-17(11-16)34(31,32)26-12-14(2)33-15(3)13-26/h7-9,11,14-15H,5-6,10,12-13,23H2,1-4H3,(H,24,28,30). The Bertz CT molecular complexity index is 1280. The molecule has 2 heterocycles. The average molecular weight is 494 g/mol. The van der Waals surface area contributed by atoms with E-state index < -0.39 is 27.2 Å². The fourth-order valence-corrected chi connectivity index (χ4v) is 5.64. The monoisotopic (exact) mass is 493 g/mol. The maximum absolute atomic E-state index is 13.2. The van der Waals surface area contributed by atoms with Gasteiger partial charge in [-0.25, -0.2) is 13.2 Å². The van der Waals surface area contributed by atoms with Gasteiger partial charge in [0.2, 0.25) is 10.0 Å². The second-order valence-corrected chi connectivity index (χ2v) is 10.4. The molecule has 2 unspecified atom stereocenters. The van der Waals surface area contributed by atoms with Gasteiger partial charge in [-0.15, -0.1) is 0 Å². The molecule has 1 fully saturated rings. The van der Waals surface area contributed by atoms with Gasteiger partial charge in [0.1, 0.15) is 5.82 Å². The third-order valence-corrected chi connectivity index (χ3v) is 7.52. The maximum atomic E-state index is 13.2. The number of amides is 1. The lowest BCUT2D eigenvalue weighted by atomic mass is 10.2. The Kier molecular flexibility index (Phi) is 7.64. The molecule has 1 aliphatic rings. The number of aromatic amines is 1. The smallest absolute Gasteiger partial charge is 0.330 e. The van der Waals surface area contributed by atoms with Crippen molar-refractivity contribution in [2.45, 2.75) is 57.3 Å². The zero-order valence-corrected chi connectivity index (χ0v) is 20.6. The van der Waals surface area contributed by atoms with Crippen molar-refractivity contribution < 1.29 is 17.9 Å². The van der Waals surface area contributed by atoms with E-state index in [1.807, 2.05) is 6.92 Å². The number of anilines is 2. The molecule has 0 bridgehead atoms. The van der Waals surface area contributed by atoms with Crippen molar-refractivity contribution in [2.75, 3.05) is 30.8 Å². The van der Waals surface area contributed by atoms with E-state index in [1.165, 1.54) is 40.2 Å². The number of sulfonamides is 1. The van der Waals surface area contributed by atoms with Gasteiger partial charge < -0.3 is 15.4 Å². The fraction of sp³-hybridized carbons (Fsp3) is 0.500. The van der Waals surface area contributed by atoms with Crippen molar-refractivity contribution in [1.82, 2.24) is 13.9 Å². The quantitative estimate of drug-likeness (QED) is 0.584. The van der Waals surface area contributed by atoms with Crippen LogP contribution in [0.25, 0.3) is 0 Å². The Labute approximate surface area is 198 Å². The first-order valence-corrected chi connectivity index (χ1v) is 12.6. The van der Waals surface area contributed by atoms with E-state index in [0.29, 0.717) is 6.42 Å². The lowest BCUT2D eigenvalue weighted by molar-refractivity contribution is -0.0440. The van der Waals surface area contributed by atoms with Crippen molar-refractivity contribution >= 4 is 27.4 Å². The van der Waals surface area contributed by atoms with Crippen LogP contribution < -0.4 is 21.9 Å². The van der Waals surface area contributed by atoms with Crippen LogP contribution in [0.4, 0.5) is 11.5 Å². The molecule has 0 radical (unpaired) electrons. The molecule has 186 valence electrons. The number of nitrogens with two attached hydrogens (primary N) is 1. The molecule has 1 amide bonds. The van der Waals surface area contributed by atoms with Gasteiger partial charge in [-0.05, 0) is 38.5 Å². The number of carbonyl (C=O) groups is 1. The number of carbonyl (C=O) groups excluding carboxylic acids is 1. The topological polar surface area (TPSA) is 148 Å². The zero-order valence-electron chi connectivity index (χ0n) is 19.8. The van der Waals surface area contributed by atoms with Crippen LogP contribution in [-0.2, 0) is 21.3 Å². The zero-order chi connectivity index (χ0) is 25.2. The summed E-state index contributed by atoms with van der Waals surface area (Å²) in [5.41, 5.74) is 4.53. The molecule has 1 saturated heterocycles. The molecular formula is C22H31N5O6S. The van der Waals surface area contributed by atoms with Crippen molar-refractivity contribution in [3.63, 3.8) is 0 Å². The Morgan fingerprint density at radius 1 is 1.24 bits per heavy atom. The number of unbranched alkanes of at least 4 members (excludes halogenated alkanes) is 1. The van der Waals surface area contributed by atoms with Gasteiger partial charge in [0.25, 0.3) is 11.5 Å². The SMILES string of the molecule is CCCCn1c(N)c(N(C)C(=O)c2cccc(S(=O)(=O)N3CC(C)OC(C)C3)c2)c(=O)[nH]c1=O. The molecule has 3 rings (SSSR count). The van der Waals surface area contributed by atoms with Crippen LogP contribution in [0, 0.1) is 0 Å². The molecular weight excluding hydrogens is 462 g/mol. The first-order valence-electron chi connectivity index (χ1n) is 11.1. The fourth-order valence-electron chi connectivity index (χ4n) is 4.00. The Hall–Kier alpha value is -2.96. The maximum Gasteiger partial charge on any atom is 0.330 e. The molecule has 0 spiro atoms. The summed E-state index contributed by atoms with van der Waals surface area (Å²) in [6.07, 6.45) is 0.948. The van der Waals surface area contributed by atoms with Crippen molar-refractivity contribution in [3.8, 4) is 0 Å². The second kappa shape index (κ2) is 10.1. The highest BCUT2D eigenvalue weighted by Gasteiger charge is 2.33. The number of nitrogens with zero attached hydrogens (tertiary/aromatic N) is 3. The van der Waals surface area contributed by atoms with Gasteiger partial charge in [0, 0.05) is 32.2 Å². The number of hydrogen-bond donors (Lipinski definition) is 2. The number of morpholine rings is 1. The summed E-state index contributed by atoms with van der Waals surface area (Å²) in [5, 5.41) is 0. The summed E-state index contributed by atoms with van der Waals surface area (Å²) in [7, 11) is -2.52. The lowest BCUT2D eigenvalue weighted by Gasteiger charge is -2.34. The molecule has 12 heteroatoms. The van der Waals surface area contributed by atoms with E-state index in [9.17, 15) is 22.8 Å². The average Bonchev–Trinajstić information content (AvgIpc) is 2.77. The van der Waals surface area contributed by atoms with Gasteiger partial charge in [0.05, 0.1) is 17.1 Å². The van der Waals surface area contributed by atoms with Gasteiger partial charge in [0.15, 0.2) is 5.69 Å². The molecule has 2 atom stereocenters. The molecule has 1 aromatic carbocycles. The van der Waals surface area contributed by atoms with E-state index in [2.05, 4.69) is 4.98 Å². The van der Waals surface area contributed by atoms with Crippen LogP contribution in [0.15, 0.2) is 38.8 Å². The van der Waals surface area contributed by atoms with Gasteiger partial charge in [-0.3, -0.25) is 19.1 Å². The first kappa shape index (κ1) is 25.7. The molecule has 0 saturated carbocycles. The number of ether oxygens (including phenoxy) is 1. The molecule has 3 N–H and O–H groups in total. The summed E-state index contributed by atoms with van der Waals surface area (Å²) in [6.45, 7) is 6.25. The number of rotatable bonds is 7. The van der Waals surface area contributed by atoms with Crippen LogP contribution in [-0.4, -0.2) is 60.5 Å². The molecule has 0 aliphatic carbocycles. The first-order chi connectivity index (χ1) is 16.0. The largest absolute Gasteiger partial charge is 0.383 e. The molecule has 1 aromatic heterocycles. The Morgan fingerprint density at radius 3 is 2.50 bits per heavy atom. The highest BCUT2D eigenvalue weighted by molar-refractivity contribution is 7.89. The van der Waals surface area contributed by atoms with Crippen LogP contribution in [0.3, 0.4) is 0 Å². The highest BCUT2D eigenvalue weighted by atomic mass is 32.2. The van der Waals surface area contributed by atoms with Crippen LogP contribution in [0.5, 0.6) is 0 Å². The molecule has 11 nitrogen and oxygen atoms in total. The summed E-state index contributed by atoms with van der Waals surface area (Å²) >= 11 is 0. The number of benzene rings is 1. The number of H-pyrrole nitrogens is 1. The van der Waals surface area contributed by atoms with E-state index in [4.69, 9.17) is 10.5 Å². The minimum atomic E-state index is -3.87. The third kappa shape index (κ3) is 5.08. The Morgan fingerprint density at radius 2 is 1.88 bits per heavy atom. The van der Waals surface area contributed by atoms with Crippen LogP contribution in [0.1, 0.15) is 44.0 Å². The second-order valence-electron chi connectivity index (χ2n) is 8.47. The summed E-state index contributed by atoms with van der Waals surface area (Å²) in [5.74, 6) is -0.767. The molecule has 1 aliphatic heterocycles. The molecule has 34 heavy (non-hydrogen) atoms. The third-order valence-electron chi connectivity index (χ3n) is 5.69. The molecule has 2 aromatic rings. The number of hydrogen-bond acceptors (Lipinski definition) is 7. The van der Waals surface area contributed by atoms with E-state index in [0.717, 1.165) is 11.3 Å². The van der Waals surface area contributed by atoms with Crippen LogP contribution in [0.2, 0.25) is 0 Å². The van der Waals surface area contributed by atoms with Crippen LogP contribution >= 0.6 is 0 Å². The number of nitrogen functional groups attached to an aromatic ring is 1. The lowest BCUT2D eigenvalue weighted by Crippen LogP contribution is -2.48. The van der Waals surface area contributed by atoms with Gasteiger partial charge >= 0.3 is 5.69 Å².